The molecule has 1 N–H and O–H groups in total. The molecule has 0 saturated carbocycles. The Morgan fingerprint density at radius 3 is 2.22 bits per heavy atom. The minimum Gasteiger partial charge on any atom is -0.465 e. The summed E-state index contributed by atoms with van der Waals surface area (Å²) in [5.74, 6) is -0.229. The molecule has 3 rings (SSSR count). The average Bonchev–Trinajstić information content (AvgIpc) is 3.16. The van der Waals surface area contributed by atoms with Crippen molar-refractivity contribution in [3.8, 4) is 11.3 Å². The molecule has 0 unspecified atom stereocenters. The van der Waals surface area contributed by atoms with Crippen molar-refractivity contribution in [1.82, 2.24) is 4.98 Å². The molecule has 0 radical (unpaired) electrons. The lowest BCUT2D eigenvalue weighted by Crippen LogP contribution is -2.12. The Balaban J connectivity index is 1.69. The largest absolute Gasteiger partial charge is 0.465 e. The molecule has 27 heavy (non-hydrogen) atoms. The minimum atomic E-state index is -0.435. The van der Waals surface area contributed by atoms with Crippen molar-refractivity contribution in [2.75, 3.05) is 12.4 Å². The third kappa shape index (κ3) is 4.41. The van der Waals surface area contributed by atoms with Gasteiger partial charge in [-0.25, -0.2) is 9.78 Å². The van der Waals surface area contributed by atoms with E-state index in [2.05, 4.69) is 41.0 Å². The second kappa shape index (κ2) is 8.14. The highest BCUT2D eigenvalue weighted by Crippen LogP contribution is 2.26. The molecule has 1 aromatic heterocycles. The maximum absolute atomic E-state index is 12.4. The lowest BCUT2D eigenvalue weighted by Gasteiger charge is -2.05. The van der Waals surface area contributed by atoms with E-state index in [1.807, 2.05) is 17.5 Å². The number of nitrogens with one attached hydrogen (secondary N) is 1. The number of thiazole rings is 1. The zero-order valence-corrected chi connectivity index (χ0v) is 16.2. The van der Waals surface area contributed by atoms with E-state index in [1.54, 1.807) is 24.3 Å². The number of hydrogen-bond acceptors (Lipinski definition) is 5. The normalized spacial score (nSPS) is 10.7. The van der Waals surface area contributed by atoms with Gasteiger partial charge in [-0.1, -0.05) is 38.1 Å². The molecule has 6 heteroatoms. The molecule has 5 nitrogen and oxygen atoms in total. The highest BCUT2D eigenvalue weighted by atomic mass is 32.1. The van der Waals surface area contributed by atoms with Crippen LogP contribution in [0.3, 0.4) is 0 Å². The van der Waals surface area contributed by atoms with Crippen molar-refractivity contribution in [3.63, 3.8) is 0 Å². The van der Waals surface area contributed by atoms with Gasteiger partial charge >= 0.3 is 5.97 Å². The Kier molecular flexibility index (Phi) is 5.66. The molecule has 0 fully saturated rings. The van der Waals surface area contributed by atoms with Crippen LogP contribution in [0.2, 0.25) is 0 Å². The molecule has 0 aliphatic carbocycles. The molecule has 3 aromatic rings. The van der Waals surface area contributed by atoms with Crippen LogP contribution >= 0.6 is 11.3 Å². The summed E-state index contributed by atoms with van der Waals surface area (Å²) in [6, 6.07) is 14.6. The number of benzene rings is 2. The SMILES string of the molecule is COC(=O)c1ccc(C(=O)Nc2nc(-c3ccc(C(C)C)cc3)cs2)cc1. The molecule has 1 amide bonds. The van der Waals surface area contributed by atoms with Crippen molar-refractivity contribution in [2.24, 2.45) is 0 Å². The van der Waals surface area contributed by atoms with Crippen molar-refractivity contribution < 1.29 is 14.3 Å². The van der Waals surface area contributed by atoms with Gasteiger partial charge in [-0.2, -0.15) is 0 Å². The van der Waals surface area contributed by atoms with Crippen LogP contribution in [0.15, 0.2) is 53.9 Å². The van der Waals surface area contributed by atoms with E-state index in [1.165, 1.54) is 24.0 Å². The predicted molar refractivity (Wildman–Crippen MR) is 107 cm³/mol. The fourth-order valence-corrected chi connectivity index (χ4v) is 3.26. The number of esters is 1. The van der Waals surface area contributed by atoms with E-state index < -0.39 is 5.97 Å². The van der Waals surface area contributed by atoms with Crippen LogP contribution in [0.25, 0.3) is 11.3 Å². The number of rotatable bonds is 5. The van der Waals surface area contributed by atoms with Crippen LogP contribution in [-0.2, 0) is 4.74 Å². The maximum atomic E-state index is 12.4. The Morgan fingerprint density at radius 2 is 1.63 bits per heavy atom. The zero-order valence-electron chi connectivity index (χ0n) is 15.4. The predicted octanol–water partition coefficient (Wildman–Crippen LogP) is 4.97. The Hall–Kier alpha value is -2.99. The smallest absolute Gasteiger partial charge is 0.337 e. The van der Waals surface area contributed by atoms with Crippen molar-refractivity contribution in [2.45, 2.75) is 19.8 Å². The van der Waals surface area contributed by atoms with Crippen LogP contribution in [-0.4, -0.2) is 24.0 Å². The maximum Gasteiger partial charge on any atom is 0.337 e. The summed E-state index contributed by atoms with van der Waals surface area (Å²) in [5.41, 5.74) is 3.96. The Labute approximate surface area is 162 Å². The molecule has 0 aliphatic rings. The Bertz CT molecular complexity index is 944. The van der Waals surface area contributed by atoms with Gasteiger partial charge in [0.25, 0.3) is 5.91 Å². The number of amides is 1. The molecule has 0 spiro atoms. The average molecular weight is 380 g/mol. The monoisotopic (exact) mass is 380 g/mol. The molecule has 0 aliphatic heterocycles. The highest BCUT2D eigenvalue weighted by Gasteiger charge is 2.12. The summed E-state index contributed by atoms with van der Waals surface area (Å²) in [6.07, 6.45) is 0. The summed E-state index contributed by atoms with van der Waals surface area (Å²) in [4.78, 5) is 28.3. The minimum absolute atomic E-state index is 0.275. The summed E-state index contributed by atoms with van der Waals surface area (Å²) in [6.45, 7) is 4.31. The second-order valence-corrected chi connectivity index (χ2v) is 7.20. The molecule has 1 heterocycles. The van der Waals surface area contributed by atoms with Gasteiger partial charge in [-0.15, -0.1) is 11.3 Å². The van der Waals surface area contributed by atoms with Crippen molar-refractivity contribution in [1.29, 1.82) is 0 Å². The summed E-state index contributed by atoms with van der Waals surface area (Å²) in [7, 11) is 1.32. The molecule has 0 atom stereocenters. The third-order valence-electron chi connectivity index (χ3n) is 4.17. The van der Waals surface area contributed by atoms with E-state index in [0.717, 1.165) is 11.3 Å². The van der Waals surface area contributed by atoms with Crippen LogP contribution in [0.5, 0.6) is 0 Å². The number of methoxy groups -OCH3 is 1. The first-order chi connectivity index (χ1) is 13.0. The van der Waals surface area contributed by atoms with Gasteiger partial charge in [0.05, 0.1) is 18.4 Å². The number of aromatic nitrogens is 1. The zero-order chi connectivity index (χ0) is 19.4. The van der Waals surface area contributed by atoms with E-state index >= 15 is 0 Å². The molecule has 2 aromatic carbocycles. The van der Waals surface area contributed by atoms with Gasteiger partial charge in [-0.05, 0) is 35.7 Å². The number of carbonyl (C=O) groups is 2. The van der Waals surface area contributed by atoms with Gasteiger partial charge in [-0.3, -0.25) is 10.1 Å². The summed E-state index contributed by atoms with van der Waals surface area (Å²) in [5, 5.41) is 5.24. The van der Waals surface area contributed by atoms with Gasteiger partial charge < -0.3 is 4.74 Å². The van der Waals surface area contributed by atoms with E-state index in [4.69, 9.17) is 0 Å². The number of nitrogens with zero attached hydrogens (tertiary/aromatic N) is 1. The number of ether oxygens (including phenoxy) is 1. The lowest BCUT2D eigenvalue weighted by atomic mass is 10.0. The molecule has 138 valence electrons. The van der Waals surface area contributed by atoms with Crippen LogP contribution < -0.4 is 5.32 Å². The van der Waals surface area contributed by atoms with E-state index in [9.17, 15) is 9.59 Å². The fraction of sp³-hybridized carbons (Fsp3) is 0.190. The van der Waals surface area contributed by atoms with Crippen LogP contribution in [0, 0.1) is 0 Å². The Morgan fingerprint density at radius 1 is 1.00 bits per heavy atom. The van der Waals surface area contributed by atoms with Crippen molar-refractivity contribution in [3.05, 3.63) is 70.6 Å². The molecule has 0 saturated heterocycles. The third-order valence-corrected chi connectivity index (χ3v) is 4.92. The highest BCUT2D eigenvalue weighted by molar-refractivity contribution is 7.14. The molecule has 0 bridgehead atoms. The number of anilines is 1. The first-order valence-electron chi connectivity index (χ1n) is 8.53. The van der Waals surface area contributed by atoms with Crippen molar-refractivity contribution >= 4 is 28.3 Å². The summed E-state index contributed by atoms with van der Waals surface area (Å²) < 4.78 is 4.65. The molecular weight excluding hydrogens is 360 g/mol. The van der Waals surface area contributed by atoms with E-state index in [-0.39, 0.29) is 5.91 Å². The number of carbonyl (C=O) groups excluding carboxylic acids is 2. The quantitative estimate of drug-likeness (QED) is 0.634. The topological polar surface area (TPSA) is 68.3 Å². The first-order valence-corrected chi connectivity index (χ1v) is 9.41. The first kappa shape index (κ1) is 18.8. The van der Waals surface area contributed by atoms with E-state index in [0.29, 0.717) is 22.2 Å². The lowest BCUT2D eigenvalue weighted by molar-refractivity contribution is 0.0600. The standard InChI is InChI=1S/C21H20N2O3S/c1-13(2)14-4-6-15(7-5-14)18-12-27-21(22-18)23-19(24)16-8-10-17(11-9-16)20(25)26-3/h4-13H,1-3H3,(H,22,23,24). The fourth-order valence-electron chi connectivity index (χ4n) is 2.55. The van der Waals surface area contributed by atoms with Gasteiger partial charge in [0.1, 0.15) is 0 Å². The van der Waals surface area contributed by atoms with Gasteiger partial charge in [0, 0.05) is 16.5 Å². The molecular formula is C21H20N2O3S. The summed E-state index contributed by atoms with van der Waals surface area (Å²) >= 11 is 1.37. The van der Waals surface area contributed by atoms with Crippen LogP contribution in [0.4, 0.5) is 5.13 Å². The second-order valence-electron chi connectivity index (χ2n) is 6.34. The van der Waals surface area contributed by atoms with Gasteiger partial charge in [0.2, 0.25) is 0 Å². The van der Waals surface area contributed by atoms with Crippen LogP contribution in [0.1, 0.15) is 46.0 Å². The van der Waals surface area contributed by atoms with Gasteiger partial charge in [0.15, 0.2) is 5.13 Å². The number of hydrogen-bond donors (Lipinski definition) is 1.